The minimum absolute atomic E-state index is 0.183. The highest BCUT2D eigenvalue weighted by Crippen LogP contribution is 2.36. The summed E-state index contributed by atoms with van der Waals surface area (Å²) >= 11 is 0.990. The summed E-state index contributed by atoms with van der Waals surface area (Å²) in [7, 11) is 2.77. The second kappa shape index (κ2) is 7.91. The highest BCUT2D eigenvalue weighted by Gasteiger charge is 2.25. The molecule has 1 aromatic rings. The third-order valence-corrected chi connectivity index (χ3v) is 4.24. The summed E-state index contributed by atoms with van der Waals surface area (Å²) in [6.07, 6.45) is 2.56. The Balaban J connectivity index is 1.76. The molecule has 0 radical (unpaired) electrons. The summed E-state index contributed by atoms with van der Waals surface area (Å²) in [4.78, 5) is 23.1. The van der Waals surface area contributed by atoms with E-state index in [0.717, 1.165) is 17.8 Å². The van der Waals surface area contributed by atoms with Gasteiger partial charge in [0.15, 0.2) is 16.7 Å². The van der Waals surface area contributed by atoms with Crippen molar-refractivity contribution in [3.8, 4) is 17.2 Å². The number of esters is 1. The van der Waals surface area contributed by atoms with Crippen LogP contribution in [-0.4, -0.2) is 50.7 Å². The van der Waals surface area contributed by atoms with Crippen LogP contribution in [0.3, 0.4) is 0 Å². The van der Waals surface area contributed by atoms with Crippen molar-refractivity contribution in [2.24, 2.45) is 10.2 Å². The molecule has 26 heavy (non-hydrogen) atoms. The topological polar surface area (TPSA) is 108 Å². The summed E-state index contributed by atoms with van der Waals surface area (Å²) in [5.74, 6) is 0.693. The second-order valence-electron chi connectivity index (χ2n) is 4.98. The first kappa shape index (κ1) is 17.8. The zero-order valence-electron chi connectivity index (χ0n) is 14.0. The molecule has 1 saturated heterocycles. The van der Waals surface area contributed by atoms with Gasteiger partial charge in [-0.25, -0.2) is 4.79 Å². The number of fused-ring (bicyclic) bond motifs is 1. The fourth-order valence-electron chi connectivity index (χ4n) is 2.15. The first-order valence-corrected chi connectivity index (χ1v) is 8.30. The summed E-state index contributed by atoms with van der Waals surface area (Å²) < 4.78 is 20.8. The zero-order chi connectivity index (χ0) is 18.5. The Bertz CT molecular complexity index is 834. The normalized spacial score (nSPS) is 19.1. The van der Waals surface area contributed by atoms with Crippen molar-refractivity contribution in [1.29, 1.82) is 0 Å². The number of nitrogens with zero attached hydrogens (tertiary/aromatic N) is 2. The van der Waals surface area contributed by atoms with Gasteiger partial charge in [-0.3, -0.25) is 10.1 Å². The molecule has 0 unspecified atom stereocenters. The van der Waals surface area contributed by atoms with Crippen LogP contribution in [0.25, 0.3) is 0 Å². The Hall–Kier alpha value is -3.01. The molecule has 1 fully saturated rings. The van der Waals surface area contributed by atoms with E-state index in [1.165, 1.54) is 20.4 Å². The molecule has 2 aliphatic heterocycles. The van der Waals surface area contributed by atoms with Gasteiger partial charge in [0.05, 0.1) is 25.3 Å². The van der Waals surface area contributed by atoms with Gasteiger partial charge in [0.2, 0.25) is 0 Å². The van der Waals surface area contributed by atoms with Gasteiger partial charge in [-0.15, -0.1) is 5.10 Å². The van der Waals surface area contributed by atoms with E-state index < -0.39 is 11.9 Å². The van der Waals surface area contributed by atoms with Crippen LogP contribution in [0, 0.1) is 0 Å². The van der Waals surface area contributed by atoms with Crippen molar-refractivity contribution in [2.75, 3.05) is 27.4 Å². The number of benzene rings is 1. The number of hydrogen-bond acceptors (Lipinski definition) is 9. The molecule has 136 valence electrons. The molecule has 0 saturated carbocycles. The Kier molecular flexibility index (Phi) is 5.42. The van der Waals surface area contributed by atoms with Crippen molar-refractivity contribution in [1.82, 2.24) is 5.32 Å². The van der Waals surface area contributed by atoms with Crippen LogP contribution in [0.1, 0.15) is 5.56 Å². The lowest BCUT2D eigenvalue weighted by atomic mass is 10.2. The first-order valence-electron chi connectivity index (χ1n) is 7.48. The van der Waals surface area contributed by atoms with Crippen molar-refractivity contribution in [3.63, 3.8) is 0 Å². The number of carbonyl (C=O) groups excluding carboxylic acids is 2. The van der Waals surface area contributed by atoms with Crippen LogP contribution in [0.15, 0.2) is 33.3 Å². The van der Waals surface area contributed by atoms with Crippen LogP contribution in [-0.2, 0) is 14.3 Å². The summed E-state index contributed by atoms with van der Waals surface area (Å²) in [6.45, 7) is 0.950. The molecule has 0 atom stereocenters. The molecule has 0 aliphatic carbocycles. The summed E-state index contributed by atoms with van der Waals surface area (Å²) in [5, 5.41) is 10.6. The zero-order valence-corrected chi connectivity index (χ0v) is 14.8. The highest BCUT2D eigenvalue weighted by molar-refractivity contribution is 8.18. The lowest BCUT2D eigenvalue weighted by Gasteiger charge is -2.19. The fourth-order valence-corrected chi connectivity index (χ4v) is 2.89. The molecule has 3 rings (SSSR count). The highest BCUT2D eigenvalue weighted by atomic mass is 32.2. The van der Waals surface area contributed by atoms with Crippen molar-refractivity contribution in [2.45, 2.75) is 0 Å². The van der Waals surface area contributed by atoms with Gasteiger partial charge in [0, 0.05) is 17.7 Å². The Morgan fingerprint density at radius 3 is 2.69 bits per heavy atom. The SMILES string of the molecule is COC(=O)/C=C1/S/C(=N\N=Cc2cc3c(cc2OC)OCCO3)NC1=O. The molecule has 0 aromatic heterocycles. The van der Waals surface area contributed by atoms with Gasteiger partial charge < -0.3 is 18.9 Å². The number of methoxy groups -OCH3 is 2. The molecule has 0 bridgehead atoms. The number of amides is 1. The standard InChI is InChI=1S/C16H15N3O6S/c1-22-10-6-12-11(24-3-4-25-12)5-9(10)8-17-19-16-18-15(21)13(26-16)7-14(20)23-2/h5-8H,3-4H2,1-2H3,(H,18,19,21)/b13-7+,17-8?. The molecule has 2 heterocycles. The molecule has 0 spiro atoms. The van der Waals surface area contributed by atoms with Gasteiger partial charge in [-0.1, -0.05) is 0 Å². The van der Waals surface area contributed by atoms with Gasteiger partial charge in [-0.2, -0.15) is 5.10 Å². The van der Waals surface area contributed by atoms with Gasteiger partial charge in [0.25, 0.3) is 5.91 Å². The third kappa shape index (κ3) is 3.97. The molecule has 1 amide bonds. The van der Waals surface area contributed by atoms with E-state index in [9.17, 15) is 9.59 Å². The molecular weight excluding hydrogens is 362 g/mol. The van der Waals surface area contributed by atoms with Crippen LogP contribution in [0.2, 0.25) is 0 Å². The first-order chi connectivity index (χ1) is 12.6. The van der Waals surface area contributed by atoms with Gasteiger partial charge in [-0.05, 0) is 17.8 Å². The Morgan fingerprint density at radius 2 is 2.00 bits per heavy atom. The number of thioether (sulfide) groups is 1. The molecule has 1 aromatic carbocycles. The van der Waals surface area contributed by atoms with Gasteiger partial charge in [0.1, 0.15) is 19.0 Å². The second-order valence-corrected chi connectivity index (χ2v) is 6.01. The quantitative estimate of drug-likeness (QED) is 0.362. The predicted molar refractivity (Wildman–Crippen MR) is 94.8 cm³/mol. The van der Waals surface area contributed by atoms with E-state index in [4.69, 9.17) is 14.2 Å². The number of carbonyl (C=O) groups is 2. The van der Waals surface area contributed by atoms with Gasteiger partial charge >= 0.3 is 5.97 Å². The molecule has 1 N–H and O–H groups in total. The Labute approximate surface area is 153 Å². The molecule has 2 aliphatic rings. The lowest BCUT2D eigenvalue weighted by Crippen LogP contribution is -2.19. The number of nitrogens with one attached hydrogen (secondary N) is 1. The maximum atomic E-state index is 11.7. The lowest BCUT2D eigenvalue weighted by molar-refractivity contribution is -0.135. The van der Waals surface area contributed by atoms with Crippen molar-refractivity contribution >= 4 is 35.0 Å². The maximum Gasteiger partial charge on any atom is 0.331 e. The van der Waals surface area contributed by atoms with Crippen LogP contribution >= 0.6 is 11.8 Å². The number of rotatable bonds is 4. The van der Waals surface area contributed by atoms with E-state index in [0.29, 0.717) is 36.0 Å². The smallest absolute Gasteiger partial charge is 0.331 e. The Morgan fingerprint density at radius 1 is 1.27 bits per heavy atom. The molecule has 10 heteroatoms. The minimum atomic E-state index is -0.617. The number of hydrogen-bond donors (Lipinski definition) is 1. The van der Waals surface area contributed by atoms with E-state index in [2.05, 4.69) is 20.3 Å². The van der Waals surface area contributed by atoms with Crippen LogP contribution in [0.5, 0.6) is 17.2 Å². The van der Waals surface area contributed by atoms with Crippen LogP contribution < -0.4 is 19.5 Å². The van der Waals surface area contributed by atoms with Crippen molar-refractivity contribution < 1.29 is 28.5 Å². The molecule has 9 nitrogen and oxygen atoms in total. The van der Waals surface area contributed by atoms with E-state index in [-0.39, 0.29) is 10.1 Å². The van der Waals surface area contributed by atoms with E-state index in [1.807, 2.05) is 0 Å². The number of ether oxygens (including phenoxy) is 4. The summed E-state index contributed by atoms with van der Waals surface area (Å²) in [6, 6.07) is 3.45. The number of amidine groups is 1. The monoisotopic (exact) mass is 377 g/mol. The third-order valence-electron chi connectivity index (χ3n) is 3.34. The average Bonchev–Trinajstić information content (AvgIpc) is 3.00. The van der Waals surface area contributed by atoms with Crippen LogP contribution in [0.4, 0.5) is 0 Å². The minimum Gasteiger partial charge on any atom is -0.496 e. The average molecular weight is 377 g/mol. The summed E-state index contributed by atoms with van der Waals surface area (Å²) in [5.41, 5.74) is 0.640. The van der Waals surface area contributed by atoms with E-state index >= 15 is 0 Å². The largest absolute Gasteiger partial charge is 0.496 e. The van der Waals surface area contributed by atoms with E-state index in [1.54, 1.807) is 12.1 Å². The van der Waals surface area contributed by atoms with Crippen molar-refractivity contribution in [3.05, 3.63) is 28.7 Å². The predicted octanol–water partition coefficient (Wildman–Crippen LogP) is 1.08. The molecular formula is C16H15N3O6S. The fraction of sp³-hybridized carbons (Fsp3) is 0.250. The maximum absolute atomic E-state index is 11.7.